The molecule has 0 amide bonds. The van der Waals surface area contributed by atoms with Crippen molar-refractivity contribution in [1.29, 1.82) is 0 Å². The SMILES string of the molecule is CC(C)(C)CN1CCN(/C(=C/[N+](=O)[O-])N2CCCC2)CC1. The molecule has 0 saturated carbocycles. The highest BCUT2D eigenvalue weighted by Gasteiger charge is 2.27. The van der Waals surface area contributed by atoms with Crippen molar-refractivity contribution < 1.29 is 4.92 Å². The van der Waals surface area contributed by atoms with Crippen LogP contribution in [-0.4, -0.2) is 65.4 Å². The Bertz CT molecular complexity index is 389. The summed E-state index contributed by atoms with van der Waals surface area (Å²) in [6, 6.07) is 0. The van der Waals surface area contributed by atoms with Crippen molar-refractivity contribution in [2.24, 2.45) is 5.41 Å². The van der Waals surface area contributed by atoms with Crippen molar-refractivity contribution >= 4 is 0 Å². The Morgan fingerprint density at radius 2 is 1.57 bits per heavy atom. The Morgan fingerprint density at radius 1 is 1.05 bits per heavy atom. The van der Waals surface area contributed by atoms with E-state index in [0.717, 1.165) is 64.5 Å². The molecule has 2 aliphatic heterocycles. The molecule has 120 valence electrons. The lowest BCUT2D eigenvalue weighted by Gasteiger charge is -2.40. The number of nitro groups is 1. The highest BCUT2D eigenvalue weighted by atomic mass is 16.6. The molecule has 2 heterocycles. The van der Waals surface area contributed by atoms with Gasteiger partial charge in [-0.1, -0.05) is 20.8 Å². The van der Waals surface area contributed by atoms with Crippen LogP contribution in [0.25, 0.3) is 0 Å². The van der Waals surface area contributed by atoms with Gasteiger partial charge in [0.15, 0.2) is 5.82 Å². The first-order valence-corrected chi connectivity index (χ1v) is 7.93. The normalized spacial score (nSPS) is 22.0. The number of hydrogen-bond acceptors (Lipinski definition) is 5. The average Bonchev–Trinajstić information content (AvgIpc) is 2.88. The van der Waals surface area contributed by atoms with Crippen LogP contribution in [-0.2, 0) is 0 Å². The lowest BCUT2D eigenvalue weighted by molar-refractivity contribution is -0.405. The van der Waals surface area contributed by atoms with Crippen molar-refractivity contribution in [2.45, 2.75) is 33.6 Å². The monoisotopic (exact) mass is 296 g/mol. The molecule has 0 aromatic rings. The quantitative estimate of drug-likeness (QED) is 0.585. The highest BCUT2D eigenvalue weighted by molar-refractivity contribution is 5.00. The van der Waals surface area contributed by atoms with Crippen molar-refractivity contribution in [1.82, 2.24) is 14.7 Å². The fraction of sp³-hybridized carbons (Fsp3) is 0.867. The van der Waals surface area contributed by atoms with Crippen LogP contribution in [0.1, 0.15) is 33.6 Å². The molecule has 0 unspecified atom stereocenters. The Hall–Kier alpha value is -1.30. The molecule has 0 radical (unpaired) electrons. The minimum Gasteiger partial charge on any atom is -0.353 e. The molecule has 0 aliphatic carbocycles. The zero-order valence-corrected chi connectivity index (χ0v) is 13.5. The van der Waals surface area contributed by atoms with E-state index in [1.807, 2.05) is 0 Å². The Kier molecular flexibility index (Phi) is 5.08. The van der Waals surface area contributed by atoms with E-state index >= 15 is 0 Å². The first-order valence-electron chi connectivity index (χ1n) is 7.93. The third kappa shape index (κ3) is 4.88. The number of nitrogens with zero attached hydrogens (tertiary/aromatic N) is 4. The van der Waals surface area contributed by atoms with Gasteiger partial charge in [-0.2, -0.15) is 0 Å². The third-order valence-electron chi connectivity index (χ3n) is 4.05. The molecule has 21 heavy (non-hydrogen) atoms. The molecule has 2 fully saturated rings. The van der Waals surface area contributed by atoms with Crippen LogP contribution in [0.15, 0.2) is 12.0 Å². The maximum Gasteiger partial charge on any atom is 0.274 e. The second-order valence-corrected chi connectivity index (χ2v) is 7.29. The minimum atomic E-state index is -0.310. The minimum absolute atomic E-state index is 0.302. The summed E-state index contributed by atoms with van der Waals surface area (Å²) in [5, 5.41) is 10.9. The van der Waals surface area contributed by atoms with Crippen LogP contribution in [0.5, 0.6) is 0 Å². The molecule has 0 N–H and O–H groups in total. The maximum atomic E-state index is 10.9. The Morgan fingerprint density at radius 3 is 2.05 bits per heavy atom. The van der Waals surface area contributed by atoms with Gasteiger partial charge in [0.25, 0.3) is 6.20 Å². The van der Waals surface area contributed by atoms with E-state index in [9.17, 15) is 10.1 Å². The standard InChI is InChI=1S/C15H28N4O2/c1-15(2,3)13-16-8-10-18(11-9-16)14(12-19(20)21)17-6-4-5-7-17/h12H,4-11,13H2,1-3H3/b14-12+. The van der Waals surface area contributed by atoms with Crippen molar-refractivity contribution in [3.8, 4) is 0 Å². The topological polar surface area (TPSA) is 52.9 Å². The highest BCUT2D eigenvalue weighted by Crippen LogP contribution is 2.21. The molecule has 6 heteroatoms. The van der Waals surface area contributed by atoms with E-state index in [0.29, 0.717) is 5.41 Å². The second-order valence-electron chi connectivity index (χ2n) is 7.29. The van der Waals surface area contributed by atoms with Crippen molar-refractivity contribution in [2.75, 3.05) is 45.8 Å². The van der Waals surface area contributed by atoms with E-state index in [1.165, 1.54) is 6.20 Å². The predicted molar refractivity (Wildman–Crippen MR) is 83.4 cm³/mol. The van der Waals surface area contributed by atoms with Crippen LogP contribution in [0.2, 0.25) is 0 Å². The van der Waals surface area contributed by atoms with E-state index < -0.39 is 0 Å². The first-order chi connectivity index (χ1) is 9.85. The summed E-state index contributed by atoms with van der Waals surface area (Å²) >= 11 is 0. The molecule has 0 spiro atoms. The maximum absolute atomic E-state index is 10.9. The van der Waals surface area contributed by atoms with Crippen molar-refractivity contribution in [3.63, 3.8) is 0 Å². The summed E-state index contributed by atoms with van der Waals surface area (Å²) in [7, 11) is 0. The average molecular weight is 296 g/mol. The molecule has 6 nitrogen and oxygen atoms in total. The number of likely N-dealkylation sites (tertiary alicyclic amines) is 1. The lowest BCUT2D eigenvalue weighted by atomic mass is 9.96. The van der Waals surface area contributed by atoms with E-state index in [-0.39, 0.29) is 4.92 Å². The lowest BCUT2D eigenvalue weighted by Crippen LogP contribution is -2.50. The molecule has 0 aromatic carbocycles. The van der Waals surface area contributed by atoms with Crippen LogP contribution in [0.4, 0.5) is 0 Å². The molecule has 0 bridgehead atoms. The smallest absolute Gasteiger partial charge is 0.274 e. The van der Waals surface area contributed by atoms with Gasteiger partial charge in [-0.15, -0.1) is 0 Å². The summed E-state index contributed by atoms with van der Waals surface area (Å²) in [5.74, 6) is 0.813. The zero-order chi connectivity index (χ0) is 15.5. The van der Waals surface area contributed by atoms with Gasteiger partial charge in [-0.3, -0.25) is 15.0 Å². The molecule has 2 saturated heterocycles. The number of hydrogen-bond donors (Lipinski definition) is 0. The summed E-state index contributed by atoms with van der Waals surface area (Å²) in [5.41, 5.74) is 0.302. The van der Waals surface area contributed by atoms with Crippen LogP contribution in [0, 0.1) is 15.5 Å². The van der Waals surface area contributed by atoms with Crippen LogP contribution < -0.4 is 0 Å². The van der Waals surface area contributed by atoms with E-state index in [2.05, 4.69) is 35.5 Å². The molecule has 0 aromatic heterocycles. The van der Waals surface area contributed by atoms with Crippen LogP contribution in [0.3, 0.4) is 0 Å². The molecule has 0 atom stereocenters. The first kappa shape index (κ1) is 16.1. The summed E-state index contributed by atoms with van der Waals surface area (Å²) < 4.78 is 0. The van der Waals surface area contributed by atoms with Gasteiger partial charge in [-0.25, -0.2) is 0 Å². The van der Waals surface area contributed by atoms with Gasteiger partial charge in [0.1, 0.15) is 0 Å². The summed E-state index contributed by atoms with van der Waals surface area (Å²) in [6.45, 7) is 13.5. The van der Waals surface area contributed by atoms with Gasteiger partial charge < -0.3 is 9.80 Å². The van der Waals surface area contributed by atoms with E-state index in [1.54, 1.807) is 0 Å². The number of rotatable bonds is 4. The molecular formula is C15H28N4O2. The molecular weight excluding hydrogens is 268 g/mol. The second kappa shape index (κ2) is 6.64. The summed E-state index contributed by atoms with van der Waals surface area (Å²) in [4.78, 5) is 17.4. The van der Waals surface area contributed by atoms with Gasteiger partial charge in [0.05, 0.1) is 4.92 Å². The van der Waals surface area contributed by atoms with Gasteiger partial charge in [0.2, 0.25) is 0 Å². The Labute approximate surface area is 127 Å². The summed E-state index contributed by atoms with van der Waals surface area (Å²) in [6.07, 6.45) is 3.48. The fourth-order valence-electron chi connectivity index (χ4n) is 3.21. The Balaban J connectivity index is 1.96. The van der Waals surface area contributed by atoms with Crippen LogP contribution >= 0.6 is 0 Å². The molecule has 2 rings (SSSR count). The van der Waals surface area contributed by atoms with Gasteiger partial charge in [-0.05, 0) is 18.3 Å². The number of piperazine rings is 1. The largest absolute Gasteiger partial charge is 0.353 e. The predicted octanol–water partition coefficient (Wildman–Crippen LogP) is 1.82. The van der Waals surface area contributed by atoms with E-state index in [4.69, 9.17) is 0 Å². The van der Waals surface area contributed by atoms with Gasteiger partial charge in [0, 0.05) is 45.8 Å². The fourth-order valence-corrected chi connectivity index (χ4v) is 3.21. The zero-order valence-electron chi connectivity index (χ0n) is 13.5. The van der Waals surface area contributed by atoms with Crippen molar-refractivity contribution in [3.05, 3.63) is 22.1 Å². The third-order valence-corrected chi connectivity index (χ3v) is 4.05. The van der Waals surface area contributed by atoms with Gasteiger partial charge >= 0.3 is 0 Å². The molecule has 2 aliphatic rings.